The van der Waals surface area contributed by atoms with E-state index in [0.29, 0.717) is 33.4 Å². The average Bonchev–Trinajstić information content (AvgIpc) is 3.60. The first-order valence-electron chi connectivity index (χ1n) is 19.5. The highest BCUT2D eigenvalue weighted by Crippen LogP contribution is 2.45. The lowest BCUT2D eigenvalue weighted by atomic mass is 9.85. The van der Waals surface area contributed by atoms with Gasteiger partial charge in [-0.05, 0) is 101 Å². The fraction of sp³-hybridized carbons (Fsp3) is 0. The Morgan fingerprint density at radius 2 is 0.830 bits per heavy atom. The summed E-state index contributed by atoms with van der Waals surface area (Å²) in [6, 6.07) is 36.6. The van der Waals surface area contributed by atoms with E-state index in [9.17, 15) is 5.48 Å². The number of hydrogen-bond donors (Lipinski definition) is 0. The summed E-state index contributed by atoms with van der Waals surface area (Å²) in [5.74, 6) is 0. The molecule has 47 heavy (non-hydrogen) atoms. The second-order valence-electron chi connectivity index (χ2n) is 11.9. The summed E-state index contributed by atoms with van der Waals surface area (Å²) in [5, 5.41) is 6.90. The highest BCUT2D eigenvalue weighted by atomic mass is 16.3. The number of hydrogen-bond acceptors (Lipinski definition) is 1. The van der Waals surface area contributed by atoms with Gasteiger partial charge in [-0.2, -0.15) is 0 Å². The summed E-state index contributed by atoms with van der Waals surface area (Å²) in [7, 11) is 0. The Bertz CT molecular complexity index is 3210. The van der Waals surface area contributed by atoms with Crippen LogP contribution in [0.1, 0.15) is 11.0 Å². The van der Waals surface area contributed by atoms with Crippen LogP contribution in [-0.2, 0) is 0 Å². The van der Waals surface area contributed by atoms with Crippen LogP contribution >= 0.6 is 0 Å². The molecular formula is C46H28O. The predicted molar refractivity (Wildman–Crippen MR) is 200 cm³/mol. The van der Waals surface area contributed by atoms with Gasteiger partial charge >= 0.3 is 0 Å². The first kappa shape index (κ1) is 19.4. The van der Waals surface area contributed by atoms with Gasteiger partial charge in [0.05, 0.1) is 11.0 Å². The van der Waals surface area contributed by atoms with E-state index in [2.05, 4.69) is 42.5 Å². The summed E-state index contributed by atoms with van der Waals surface area (Å²) in [6.07, 6.45) is 0. The van der Waals surface area contributed by atoms with Crippen LogP contribution < -0.4 is 0 Å². The molecule has 10 aromatic rings. The quantitative estimate of drug-likeness (QED) is 0.144. The number of fused-ring (bicyclic) bond motifs is 8. The van der Waals surface area contributed by atoms with Gasteiger partial charge in [0.15, 0.2) is 0 Å². The molecule has 0 aliphatic rings. The number of para-hydroxylation sites is 1. The first-order valence-corrected chi connectivity index (χ1v) is 15.5. The van der Waals surface area contributed by atoms with Gasteiger partial charge in [0.2, 0.25) is 0 Å². The molecule has 0 spiro atoms. The van der Waals surface area contributed by atoms with E-state index in [1.807, 2.05) is 66.7 Å². The monoisotopic (exact) mass is 604 g/mol. The molecule has 0 aliphatic carbocycles. The highest BCUT2D eigenvalue weighted by molar-refractivity contribution is 6.22. The van der Waals surface area contributed by atoms with E-state index >= 15 is 0 Å². The van der Waals surface area contributed by atoms with Crippen LogP contribution in [0.15, 0.2) is 174 Å². The van der Waals surface area contributed by atoms with E-state index in [1.165, 1.54) is 0 Å². The molecule has 9 aromatic carbocycles. The number of rotatable bonds is 3. The second kappa shape index (κ2) is 10.2. The van der Waals surface area contributed by atoms with E-state index < -0.39 is 24.2 Å². The normalized spacial score (nSPS) is 14.2. The maximum Gasteiger partial charge on any atom is 0.135 e. The summed E-state index contributed by atoms with van der Waals surface area (Å²) in [6.45, 7) is 0. The summed E-state index contributed by atoms with van der Waals surface area (Å²) in [4.78, 5) is 0. The van der Waals surface area contributed by atoms with E-state index in [4.69, 9.17) is 9.90 Å². The van der Waals surface area contributed by atoms with Gasteiger partial charge in [-0.15, -0.1) is 0 Å². The Labute approximate surface area is 283 Å². The molecule has 10 rings (SSSR count). The van der Waals surface area contributed by atoms with Crippen molar-refractivity contribution in [2.75, 3.05) is 0 Å². The number of furan rings is 1. The lowest BCUT2D eigenvalue weighted by Gasteiger charge is -2.18. The predicted octanol–water partition coefficient (Wildman–Crippen LogP) is 13.2. The van der Waals surface area contributed by atoms with Gasteiger partial charge in [-0.3, -0.25) is 0 Å². The van der Waals surface area contributed by atoms with Crippen molar-refractivity contribution in [1.82, 2.24) is 0 Å². The zero-order valence-electron chi connectivity index (χ0n) is 33.0. The molecule has 0 amide bonds. The van der Waals surface area contributed by atoms with Crippen LogP contribution in [0.25, 0.3) is 98.4 Å². The largest absolute Gasteiger partial charge is 0.456 e. The van der Waals surface area contributed by atoms with Crippen LogP contribution in [0.4, 0.5) is 0 Å². The molecule has 0 saturated heterocycles. The molecule has 0 unspecified atom stereocenters. The summed E-state index contributed by atoms with van der Waals surface area (Å²) < 4.78 is 78.4. The Kier molecular flexibility index (Phi) is 4.19. The maximum absolute atomic E-state index is 9.31. The van der Waals surface area contributed by atoms with Crippen molar-refractivity contribution in [2.24, 2.45) is 0 Å². The third kappa shape index (κ3) is 4.03. The molecule has 0 atom stereocenters. The maximum atomic E-state index is 9.31. The molecule has 1 nitrogen and oxygen atoms in total. The molecule has 1 aromatic heterocycles. The Hall–Kier alpha value is -6.18. The van der Waals surface area contributed by atoms with Crippen molar-refractivity contribution in [3.63, 3.8) is 0 Å². The fourth-order valence-electron chi connectivity index (χ4n) is 7.09. The molecule has 1 heteroatoms. The van der Waals surface area contributed by atoms with Crippen LogP contribution in [-0.4, -0.2) is 0 Å². The lowest BCUT2D eigenvalue weighted by molar-refractivity contribution is 0.669. The van der Waals surface area contributed by atoms with Crippen molar-refractivity contribution >= 4 is 65.0 Å². The molecule has 0 aliphatic heterocycles. The van der Waals surface area contributed by atoms with Gasteiger partial charge < -0.3 is 4.42 Å². The molecular weight excluding hydrogens is 569 g/mol. The Morgan fingerprint density at radius 3 is 1.55 bits per heavy atom. The molecule has 0 radical (unpaired) electrons. The minimum atomic E-state index is -0.432. The number of benzene rings is 9. The molecule has 0 fully saturated rings. The van der Waals surface area contributed by atoms with E-state index in [1.54, 1.807) is 12.1 Å². The van der Waals surface area contributed by atoms with E-state index in [0.717, 1.165) is 43.4 Å². The van der Waals surface area contributed by atoms with Gasteiger partial charge in [-0.25, -0.2) is 0 Å². The lowest BCUT2D eigenvalue weighted by Crippen LogP contribution is -1.91. The second-order valence-corrected chi connectivity index (χ2v) is 11.9. The Morgan fingerprint density at radius 1 is 0.340 bits per heavy atom. The topological polar surface area (TPSA) is 13.1 Å². The van der Waals surface area contributed by atoms with Crippen LogP contribution in [0.2, 0.25) is 0 Å². The first-order chi connectivity index (χ1) is 26.6. The zero-order chi connectivity index (χ0) is 37.9. The van der Waals surface area contributed by atoms with Crippen LogP contribution in [0.5, 0.6) is 0 Å². The highest BCUT2D eigenvalue weighted by Gasteiger charge is 2.18. The molecule has 0 N–H and O–H groups in total. The average molecular weight is 605 g/mol. The Balaban J connectivity index is 1.29. The van der Waals surface area contributed by atoms with Gasteiger partial charge in [0, 0.05) is 10.8 Å². The van der Waals surface area contributed by atoms with Crippen molar-refractivity contribution < 1.29 is 15.4 Å². The van der Waals surface area contributed by atoms with Gasteiger partial charge in [0.25, 0.3) is 0 Å². The van der Waals surface area contributed by atoms with Crippen molar-refractivity contribution in [1.29, 1.82) is 0 Å². The fourth-order valence-corrected chi connectivity index (χ4v) is 7.09. The SMILES string of the molecule is [2H]c1c([2H])c([2H])c2c(-c3ccc4oc5ccccc5c4c3)c3c([2H])c([2H])c([2H])c([2H])c3c(-c3ccc(-c4ccc5ccc6ccccc6c5c4)cc3)c2c1[2H]. The molecule has 1 heterocycles. The van der Waals surface area contributed by atoms with Crippen molar-refractivity contribution in [3.05, 3.63) is 170 Å². The van der Waals surface area contributed by atoms with Crippen LogP contribution in [0.3, 0.4) is 0 Å². The summed E-state index contributed by atoms with van der Waals surface area (Å²) >= 11 is 0. The van der Waals surface area contributed by atoms with Gasteiger partial charge in [0.1, 0.15) is 11.2 Å². The standard InChI is InChI=1S/C46H28O/c1-2-10-35-30(9-1)19-20-31-21-24-33(27-41(31)35)29-17-22-32(23-18-29)45-37-12-3-5-14-39(37)46(40-15-6-4-13-38(40)45)34-25-26-44-42(28-34)36-11-7-8-16-43(36)47-44/h1-28H/i3D,4D,5D,6D,12D,13D,14D,15D. The third-order valence-corrected chi connectivity index (χ3v) is 9.29. The minimum Gasteiger partial charge on any atom is -0.456 e. The zero-order valence-corrected chi connectivity index (χ0v) is 25.0. The summed E-state index contributed by atoms with van der Waals surface area (Å²) in [5.41, 5.74) is 4.94. The smallest absolute Gasteiger partial charge is 0.135 e. The third-order valence-electron chi connectivity index (χ3n) is 9.29. The molecule has 218 valence electrons. The molecule has 0 saturated carbocycles. The molecule has 0 bridgehead atoms. The van der Waals surface area contributed by atoms with Crippen LogP contribution in [0, 0.1) is 0 Å². The minimum absolute atomic E-state index is 0.177. The van der Waals surface area contributed by atoms with E-state index in [-0.39, 0.29) is 45.7 Å². The van der Waals surface area contributed by atoms with Crippen molar-refractivity contribution in [3.8, 4) is 33.4 Å². The van der Waals surface area contributed by atoms with Gasteiger partial charge in [-0.1, -0.05) is 145 Å². The van der Waals surface area contributed by atoms with Crippen molar-refractivity contribution in [2.45, 2.75) is 0 Å².